The Kier molecular flexibility index (Phi) is 4.70. The molecule has 1 heterocycles. The maximum atomic E-state index is 13.5. The predicted molar refractivity (Wildman–Crippen MR) is 118 cm³/mol. The maximum absolute atomic E-state index is 13.5. The van der Waals surface area contributed by atoms with Crippen LogP contribution in [0.15, 0.2) is 83.8 Å². The Morgan fingerprint density at radius 1 is 0.935 bits per heavy atom. The number of halogens is 1. The number of benzene rings is 3. The lowest BCUT2D eigenvalue weighted by Crippen LogP contribution is -2.46. The van der Waals surface area contributed by atoms with Crippen LogP contribution in [0.4, 0.5) is 0 Å². The average Bonchev–Trinajstić information content (AvgIpc) is 3.28. The molecule has 7 heteroatoms. The number of sulfonamides is 1. The minimum absolute atomic E-state index is 0.102. The van der Waals surface area contributed by atoms with Gasteiger partial charge in [-0.25, -0.2) is 8.42 Å². The molecular weight excluding hydrogens is 434 g/mol. The van der Waals surface area contributed by atoms with E-state index in [1.165, 1.54) is 4.31 Å². The second-order valence-electron chi connectivity index (χ2n) is 8.02. The molecule has 0 spiro atoms. The third-order valence-corrected chi connectivity index (χ3v) is 8.69. The highest BCUT2D eigenvalue weighted by Gasteiger charge is 2.78. The van der Waals surface area contributed by atoms with E-state index in [1.54, 1.807) is 36.4 Å². The molecule has 1 N–H and O–H groups in total. The number of carboxylic acids is 1. The van der Waals surface area contributed by atoms with Gasteiger partial charge in [0.2, 0.25) is 10.0 Å². The van der Waals surface area contributed by atoms with Gasteiger partial charge in [0, 0.05) is 23.4 Å². The monoisotopic (exact) mass is 453 g/mol. The molecule has 0 aromatic heterocycles. The summed E-state index contributed by atoms with van der Waals surface area (Å²) in [6.45, 7) is 0.210. The molecule has 5 rings (SSSR count). The lowest BCUT2D eigenvalue weighted by atomic mass is 10.1. The first-order valence-corrected chi connectivity index (χ1v) is 11.9. The highest BCUT2D eigenvalue weighted by Crippen LogP contribution is 2.67. The lowest BCUT2D eigenvalue weighted by molar-refractivity contribution is -0.143. The molecule has 2 aliphatic rings. The molecule has 0 bridgehead atoms. The molecular formula is C24H20ClNO4S. The summed E-state index contributed by atoms with van der Waals surface area (Å²) >= 11 is 5.94. The first-order valence-electron chi connectivity index (χ1n) is 10.0. The summed E-state index contributed by atoms with van der Waals surface area (Å²) in [7, 11) is -3.96. The number of carboxylic acid groups (broad SMARTS) is 1. The summed E-state index contributed by atoms with van der Waals surface area (Å²) in [6.07, 6.45) is 0.536. The van der Waals surface area contributed by atoms with Crippen molar-refractivity contribution in [3.63, 3.8) is 0 Å². The zero-order valence-electron chi connectivity index (χ0n) is 16.5. The number of fused-ring (bicyclic) bond motifs is 1. The van der Waals surface area contributed by atoms with Gasteiger partial charge in [-0.05, 0) is 47.4 Å². The zero-order valence-corrected chi connectivity index (χ0v) is 18.1. The van der Waals surface area contributed by atoms with Crippen LogP contribution in [-0.4, -0.2) is 35.9 Å². The highest BCUT2D eigenvalue weighted by molar-refractivity contribution is 7.89. The van der Waals surface area contributed by atoms with Crippen LogP contribution in [0, 0.1) is 5.92 Å². The number of carbonyl (C=O) groups is 1. The molecule has 1 saturated heterocycles. The highest BCUT2D eigenvalue weighted by atomic mass is 35.5. The molecule has 1 saturated carbocycles. The standard InChI is InChI=1S/C24H20ClNO4S/c25-19-10-6-16(7-11-19)17-8-12-20(13-9-17)31(29,30)26-15-14-21-22(24(21,26)23(27)28)18-4-2-1-3-5-18/h1-13,21-22H,14-15H2,(H,27,28)/t21-,22-,24+/m1/s1. The summed E-state index contributed by atoms with van der Waals surface area (Å²) < 4.78 is 28.2. The van der Waals surface area contributed by atoms with Crippen LogP contribution in [0.5, 0.6) is 0 Å². The number of aliphatic carboxylic acids is 1. The van der Waals surface area contributed by atoms with E-state index < -0.39 is 21.5 Å². The van der Waals surface area contributed by atoms with Crippen molar-refractivity contribution in [1.82, 2.24) is 4.31 Å². The molecule has 5 nitrogen and oxygen atoms in total. The minimum atomic E-state index is -3.96. The van der Waals surface area contributed by atoms with Gasteiger partial charge in [-0.1, -0.05) is 66.2 Å². The third-order valence-electron chi connectivity index (χ3n) is 6.51. The second kappa shape index (κ2) is 7.19. The van der Waals surface area contributed by atoms with Crippen LogP contribution in [0.2, 0.25) is 5.02 Å². The fourth-order valence-corrected chi connectivity index (χ4v) is 7.00. The lowest BCUT2D eigenvalue weighted by Gasteiger charge is -2.26. The first-order chi connectivity index (χ1) is 14.9. The molecule has 31 heavy (non-hydrogen) atoms. The van der Waals surface area contributed by atoms with Gasteiger partial charge in [0.15, 0.2) is 0 Å². The second-order valence-corrected chi connectivity index (χ2v) is 10.3. The predicted octanol–water partition coefficient (Wildman–Crippen LogP) is 4.64. The Hall–Kier alpha value is -2.67. The molecule has 1 aliphatic carbocycles. The van der Waals surface area contributed by atoms with Crippen molar-refractivity contribution in [2.45, 2.75) is 22.8 Å². The molecule has 1 aliphatic heterocycles. The smallest absolute Gasteiger partial charge is 0.326 e. The van der Waals surface area contributed by atoms with Crippen LogP contribution >= 0.6 is 11.6 Å². The number of hydrogen-bond donors (Lipinski definition) is 1. The van der Waals surface area contributed by atoms with Gasteiger partial charge in [0.05, 0.1) is 4.90 Å². The van der Waals surface area contributed by atoms with E-state index >= 15 is 0 Å². The van der Waals surface area contributed by atoms with Crippen molar-refractivity contribution in [3.05, 3.63) is 89.4 Å². The van der Waals surface area contributed by atoms with Gasteiger partial charge in [-0.3, -0.25) is 4.79 Å². The van der Waals surface area contributed by atoms with Gasteiger partial charge in [0.1, 0.15) is 5.54 Å². The Balaban J connectivity index is 1.49. The maximum Gasteiger partial charge on any atom is 0.326 e. The first kappa shape index (κ1) is 20.2. The molecule has 3 atom stereocenters. The normalized spacial score (nSPS) is 25.2. The minimum Gasteiger partial charge on any atom is -0.480 e. The molecule has 0 radical (unpaired) electrons. The number of piperidine rings is 1. The average molecular weight is 454 g/mol. The fraction of sp³-hybridized carbons (Fsp3) is 0.208. The zero-order chi connectivity index (χ0) is 21.8. The summed E-state index contributed by atoms with van der Waals surface area (Å²) in [6, 6.07) is 23.2. The topological polar surface area (TPSA) is 74.7 Å². The van der Waals surface area contributed by atoms with E-state index in [0.29, 0.717) is 11.4 Å². The molecule has 3 aromatic rings. The number of nitrogens with zero attached hydrogens (tertiary/aromatic N) is 1. The summed E-state index contributed by atoms with van der Waals surface area (Å²) in [5.74, 6) is -1.62. The quantitative estimate of drug-likeness (QED) is 0.610. The van der Waals surface area contributed by atoms with Crippen LogP contribution < -0.4 is 0 Å². The summed E-state index contributed by atoms with van der Waals surface area (Å²) in [5, 5.41) is 10.8. The summed E-state index contributed by atoms with van der Waals surface area (Å²) in [4.78, 5) is 12.5. The Morgan fingerprint density at radius 2 is 1.52 bits per heavy atom. The van der Waals surface area contributed by atoms with Crippen LogP contribution in [0.25, 0.3) is 11.1 Å². The largest absolute Gasteiger partial charge is 0.480 e. The van der Waals surface area contributed by atoms with Gasteiger partial charge in [0.25, 0.3) is 0 Å². The molecule has 0 unspecified atom stereocenters. The van der Waals surface area contributed by atoms with Crippen molar-refractivity contribution >= 4 is 27.6 Å². The van der Waals surface area contributed by atoms with Gasteiger partial charge in [-0.2, -0.15) is 4.31 Å². The van der Waals surface area contributed by atoms with Gasteiger partial charge >= 0.3 is 5.97 Å². The fourth-order valence-electron chi connectivity index (χ4n) is 5.07. The number of hydrogen-bond acceptors (Lipinski definition) is 3. The molecule has 2 fully saturated rings. The van der Waals surface area contributed by atoms with Gasteiger partial charge in [-0.15, -0.1) is 0 Å². The van der Waals surface area contributed by atoms with Crippen molar-refractivity contribution in [3.8, 4) is 11.1 Å². The van der Waals surface area contributed by atoms with Crippen LogP contribution in [0.3, 0.4) is 0 Å². The van der Waals surface area contributed by atoms with Crippen molar-refractivity contribution in [1.29, 1.82) is 0 Å². The Labute approximate surface area is 186 Å². The molecule has 3 aromatic carbocycles. The SMILES string of the molecule is O=C(O)[C@@]12[C@H](CCN1S(=O)(=O)c1ccc(-c3ccc(Cl)cc3)cc1)[C@H]2c1ccccc1. The van der Waals surface area contributed by atoms with Crippen LogP contribution in [-0.2, 0) is 14.8 Å². The van der Waals surface area contributed by atoms with Crippen LogP contribution in [0.1, 0.15) is 17.9 Å². The van der Waals surface area contributed by atoms with E-state index in [1.807, 2.05) is 42.5 Å². The van der Waals surface area contributed by atoms with Gasteiger partial charge < -0.3 is 5.11 Å². The summed E-state index contributed by atoms with van der Waals surface area (Å²) in [5.41, 5.74) is 1.24. The van der Waals surface area contributed by atoms with E-state index in [9.17, 15) is 18.3 Å². The Morgan fingerprint density at radius 3 is 2.10 bits per heavy atom. The van der Waals surface area contributed by atoms with E-state index in [4.69, 9.17) is 11.6 Å². The van der Waals surface area contributed by atoms with Crippen molar-refractivity contribution in [2.75, 3.05) is 6.54 Å². The van der Waals surface area contributed by atoms with Crippen molar-refractivity contribution < 1.29 is 18.3 Å². The van der Waals surface area contributed by atoms with E-state index in [0.717, 1.165) is 16.7 Å². The Bertz CT molecular complexity index is 1240. The number of rotatable bonds is 5. The molecule has 0 amide bonds. The third kappa shape index (κ3) is 3.01. The van der Waals surface area contributed by atoms with E-state index in [-0.39, 0.29) is 23.3 Å². The van der Waals surface area contributed by atoms with Crippen molar-refractivity contribution in [2.24, 2.45) is 5.92 Å². The van der Waals surface area contributed by atoms with E-state index in [2.05, 4.69) is 0 Å². The molecule has 158 valence electrons.